The van der Waals surface area contributed by atoms with Crippen molar-refractivity contribution in [3.05, 3.63) is 47.5 Å². The van der Waals surface area contributed by atoms with Crippen molar-refractivity contribution in [1.29, 1.82) is 0 Å². The van der Waals surface area contributed by atoms with Gasteiger partial charge < -0.3 is 5.11 Å². The van der Waals surface area contributed by atoms with Crippen LogP contribution in [-0.4, -0.2) is 15.1 Å². The van der Waals surface area contributed by atoms with Crippen LogP contribution in [0.1, 0.15) is 24.3 Å². The van der Waals surface area contributed by atoms with Gasteiger partial charge in [0.15, 0.2) is 5.16 Å². The van der Waals surface area contributed by atoms with Gasteiger partial charge in [0.25, 0.3) is 0 Å². The molecule has 0 bridgehead atoms. The van der Waals surface area contributed by atoms with E-state index in [1.165, 1.54) is 23.9 Å². The first-order chi connectivity index (χ1) is 8.56. The lowest BCUT2D eigenvalue weighted by Gasteiger charge is -2.11. The Hall–Kier alpha value is -1.46. The highest BCUT2D eigenvalue weighted by atomic mass is 32.2. The Labute approximate surface area is 109 Å². The molecule has 1 aromatic heterocycles. The minimum absolute atomic E-state index is 0.361. The lowest BCUT2D eigenvalue weighted by atomic mass is 10.1. The fraction of sp³-hybridized carbons (Fsp3) is 0.231. The van der Waals surface area contributed by atoms with E-state index >= 15 is 0 Å². The molecule has 18 heavy (non-hydrogen) atoms. The maximum absolute atomic E-state index is 13.2. The standard InChI is InChI=1S/C13H13FN2OS/c1-8-5-6-15-13(16-8)18-12-4-3-10(14)7-11(12)9(2)17/h3-7,9,17H,1-2H3/t9-/m0/s1. The molecule has 0 aliphatic carbocycles. The molecular formula is C13H13FN2OS. The molecule has 5 heteroatoms. The Morgan fingerprint density at radius 1 is 1.33 bits per heavy atom. The Morgan fingerprint density at radius 3 is 2.78 bits per heavy atom. The third-order valence-electron chi connectivity index (χ3n) is 2.40. The Morgan fingerprint density at radius 2 is 2.11 bits per heavy atom. The molecule has 2 rings (SSSR count). The number of aromatic nitrogens is 2. The van der Waals surface area contributed by atoms with E-state index < -0.39 is 6.10 Å². The van der Waals surface area contributed by atoms with Gasteiger partial charge in [-0.2, -0.15) is 0 Å². The Kier molecular flexibility index (Phi) is 3.93. The number of aliphatic hydroxyl groups is 1. The number of hydrogen-bond donors (Lipinski definition) is 1. The van der Waals surface area contributed by atoms with Crippen molar-refractivity contribution in [2.24, 2.45) is 0 Å². The molecule has 1 atom stereocenters. The van der Waals surface area contributed by atoms with Gasteiger partial charge in [-0.15, -0.1) is 0 Å². The summed E-state index contributed by atoms with van der Waals surface area (Å²) in [6.07, 6.45) is 0.948. The molecule has 1 heterocycles. The highest BCUT2D eigenvalue weighted by Gasteiger charge is 2.11. The molecule has 1 aromatic carbocycles. The van der Waals surface area contributed by atoms with Crippen molar-refractivity contribution < 1.29 is 9.50 Å². The molecule has 94 valence electrons. The van der Waals surface area contributed by atoms with E-state index in [1.807, 2.05) is 13.0 Å². The van der Waals surface area contributed by atoms with Crippen molar-refractivity contribution in [3.63, 3.8) is 0 Å². The van der Waals surface area contributed by atoms with Crippen LogP contribution < -0.4 is 0 Å². The van der Waals surface area contributed by atoms with E-state index in [0.717, 1.165) is 10.6 Å². The predicted molar refractivity (Wildman–Crippen MR) is 67.9 cm³/mol. The van der Waals surface area contributed by atoms with Crippen molar-refractivity contribution in [1.82, 2.24) is 9.97 Å². The predicted octanol–water partition coefficient (Wildman–Crippen LogP) is 3.13. The first-order valence-electron chi connectivity index (χ1n) is 5.51. The van der Waals surface area contributed by atoms with Crippen LogP contribution >= 0.6 is 11.8 Å². The third kappa shape index (κ3) is 3.05. The summed E-state index contributed by atoms with van der Waals surface area (Å²) in [5, 5.41) is 10.2. The molecule has 1 N–H and O–H groups in total. The van der Waals surface area contributed by atoms with Crippen LogP contribution in [-0.2, 0) is 0 Å². The summed E-state index contributed by atoms with van der Waals surface area (Å²) in [4.78, 5) is 9.16. The van der Waals surface area contributed by atoms with Crippen LogP contribution in [0.3, 0.4) is 0 Å². The number of benzene rings is 1. The Bertz CT molecular complexity index is 560. The molecule has 0 aliphatic heterocycles. The van der Waals surface area contributed by atoms with Crippen LogP contribution in [0, 0.1) is 12.7 Å². The minimum atomic E-state index is -0.729. The van der Waals surface area contributed by atoms with Crippen molar-refractivity contribution >= 4 is 11.8 Å². The van der Waals surface area contributed by atoms with E-state index in [1.54, 1.807) is 19.2 Å². The maximum Gasteiger partial charge on any atom is 0.192 e. The van der Waals surface area contributed by atoms with Crippen molar-refractivity contribution in [2.45, 2.75) is 30.0 Å². The normalized spacial score (nSPS) is 12.4. The quantitative estimate of drug-likeness (QED) is 0.865. The molecule has 0 saturated heterocycles. The molecule has 0 amide bonds. The zero-order chi connectivity index (χ0) is 13.1. The summed E-state index contributed by atoms with van der Waals surface area (Å²) in [5.74, 6) is -0.361. The van der Waals surface area contributed by atoms with Gasteiger partial charge in [-0.25, -0.2) is 14.4 Å². The van der Waals surface area contributed by atoms with Gasteiger partial charge >= 0.3 is 0 Å². The van der Waals surface area contributed by atoms with Gasteiger partial charge in [0, 0.05) is 16.8 Å². The number of hydrogen-bond acceptors (Lipinski definition) is 4. The molecule has 0 saturated carbocycles. The largest absolute Gasteiger partial charge is 0.389 e. The molecule has 2 aromatic rings. The van der Waals surface area contributed by atoms with Crippen LogP contribution in [0.2, 0.25) is 0 Å². The highest BCUT2D eigenvalue weighted by Crippen LogP contribution is 2.31. The van der Waals surface area contributed by atoms with E-state index in [-0.39, 0.29) is 5.82 Å². The van der Waals surface area contributed by atoms with Gasteiger partial charge in [-0.1, -0.05) is 0 Å². The fourth-order valence-electron chi connectivity index (χ4n) is 1.51. The third-order valence-corrected chi connectivity index (χ3v) is 3.37. The topological polar surface area (TPSA) is 46.0 Å². The molecule has 3 nitrogen and oxygen atoms in total. The van der Waals surface area contributed by atoms with Gasteiger partial charge in [-0.05, 0) is 55.4 Å². The zero-order valence-electron chi connectivity index (χ0n) is 10.1. The molecule has 0 spiro atoms. The summed E-state index contributed by atoms with van der Waals surface area (Å²) in [6, 6.07) is 6.14. The van der Waals surface area contributed by atoms with Gasteiger partial charge in [0.2, 0.25) is 0 Å². The van der Waals surface area contributed by atoms with E-state index in [9.17, 15) is 9.50 Å². The Balaban J connectivity index is 2.34. The first kappa shape index (κ1) is 13.0. The molecule has 0 unspecified atom stereocenters. The van der Waals surface area contributed by atoms with Crippen LogP contribution in [0.25, 0.3) is 0 Å². The van der Waals surface area contributed by atoms with Gasteiger partial charge in [-0.3, -0.25) is 0 Å². The average molecular weight is 264 g/mol. The van der Waals surface area contributed by atoms with E-state index in [0.29, 0.717) is 10.7 Å². The average Bonchev–Trinajstić information content (AvgIpc) is 2.31. The first-order valence-corrected chi connectivity index (χ1v) is 6.33. The summed E-state index contributed by atoms with van der Waals surface area (Å²) in [5.41, 5.74) is 1.42. The second-order valence-corrected chi connectivity index (χ2v) is 4.95. The molecule has 0 aliphatic rings. The summed E-state index contributed by atoms with van der Waals surface area (Å²) in [6.45, 7) is 3.49. The summed E-state index contributed by atoms with van der Waals surface area (Å²) < 4.78 is 13.2. The second-order valence-electron chi connectivity index (χ2n) is 3.94. The zero-order valence-corrected chi connectivity index (χ0v) is 10.9. The lowest BCUT2D eigenvalue weighted by molar-refractivity contribution is 0.196. The number of nitrogens with zero attached hydrogens (tertiary/aromatic N) is 2. The monoisotopic (exact) mass is 264 g/mol. The molecular weight excluding hydrogens is 251 g/mol. The van der Waals surface area contributed by atoms with Crippen molar-refractivity contribution in [3.8, 4) is 0 Å². The van der Waals surface area contributed by atoms with Crippen molar-refractivity contribution in [2.75, 3.05) is 0 Å². The summed E-state index contributed by atoms with van der Waals surface area (Å²) >= 11 is 1.32. The smallest absolute Gasteiger partial charge is 0.192 e. The number of rotatable bonds is 3. The number of aryl methyl sites for hydroxylation is 1. The number of aliphatic hydroxyl groups excluding tert-OH is 1. The van der Waals surface area contributed by atoms with E-state index in [2.05, 4.69) is 9.97 Å². The second kappa shape index (κ2) is 5.46. The molecule has 0 radical (unpaired) electrons. The molecule has 0 fully saturated rings. The lowest BCUT2D eigenvalue weighted by Crippen LogP contribution is -1.96. The van der Waals surface area contributed by atoms with Crippen LogP contribution in [0.15, 0.2) is 40.5 Å². The van der Waals surface area contributed by atoms with Gasteiger partial charge in [0.05, 0.1) is 6.10 Å². The SMILES string of the molecule is Cc1ccnc(Sc2ccc(F)cc2[C@H](C)O)n1. The van der Waals surface area contributed by atoms with Crippen LogP contribution in [0.5, 0.6) is 0 Å². The van der Waals surface area contributed by atoms with Crippen LogP contribution in [0.4, 0.5) is 4.39 Å². The highest BCUT2D eigenvalue weighted by molar-refractivity contribution is 7.99. The maximum atomic E-state index is 13.2. The fourth-order valence-corrected chi connectivity index (χ4v) is 2.50. The minimum Gasteiger partial charge on any atom is -0.389 e. The van der Waals surface area contributed by atoms with E-state index in [4.69, 9.17) is 0 Å². The summed E-state index contributed by atoms with van der Waals surface area (Å²) in [7, 11) is 0. The van der Waals surface area contributed by atoms with Gasteiger partial charge in [0.1, 0.15) is 5.82 Å². The number of halogens is 1.